The smallest absolute Gasteiger partial charge is 0.182 e. The second-order valence-electron chi connectivity index (χ2n) is 6.85. The Bertz CT molecular complexity index is 942. The van der Waals surface area contributed by atoms with Crippen molar-refractivity contribution < 1.29 is 17.5 Å². The number of nitrogens with two attached hydrogens (primary N) is 1. The van der Waals surface area contributed by atoms with Gasteiger partial charge in [-0.05, 0) is 43.7 Å². The fourth-order valence-corrected chi connectivity index (χ4v) is 6.46. The van der Waals surface area contributed by atoms with E-state index in [4.69, 9.17) is 22.7 Å². The van der Waals surface area contributed by atoms with Gasteiger partial charge in [-0.2, -0.15) is 0 Å². The fourth-order valence-electron chi connectivity index (χ4n) is 3.69. The molecule has 0 aliphatic heterocycles. The van der Waals surface area contributed by atoms with Gasteiger partial charge in [0.15, 0.2) is 9.84 Å². The Hall–Kier alpha value is -1.83. The van der Waals surface area contributed by atoms with Crippen LogP contribution in [0.3, 0.4) is 0 Å². The lowest BCUT2D eigenvalue weighted by atomic mass is 10.00. The first-order valence-electron chi connectivity index (χ1n) is 8.69. The highest BCUT2D eigenvalue weighted by Crippen LogP contribution is 2.64. The molecule has 0 radical (unpaired) electrons. The molecule has 0 bridgehead atoms. The van der Waals surface area contributed by atoms with Crippen molar-refractivity contribution in [3.05, 3.63) is 65.5 Å². The molecule has 1 aliphatic carbocycles. The van der Waals surface area contributed by atoms with Gasteiger partial charge in [0.2, 0.25) is 0 Å². The average molecular weight is 408 g/mol. The Morgan fingerprint density at radius 1 is 1.19 bits per heavy atom. The molecule has 1 aliphatic rings. The highest BCUT2D eigenvalue weighted by atomic mass is 32.2. The number of hydrogen-bond donors (Lipinski definition) is 1. The summed E-state index contributed by atoms with van der Waals surface area (Å²) in [5.74, 6) is -0.864. The van der Waals surface area contributed by atoms with Crippen LogP contribution < -0.4 is 5.73 Å². The van der Waals surface area contributed by atoms with E-state index in [1.165, 1.54) is 12.1 Å². The van der Waals surface area contributed by atoms with E-state index < -0.39 is 26.4 Å². The Kier molecular flexibility index (Phi) is 5.38. The molecule has 3 atom stereocenters. The highest BCUT2D eigenvalue weighted by molar-refractivity contribution is 7.92. The summed E-state index contributed by atoms with van der Waals surface area (Å²) in [4.78, 5) is 0.325. The van der Waals surface area contributed by atoms with Crippen molar-refractivity contribution in [1.29, 1.82) is 0 Å². The van der Waals surface area contributed by atoms with E-state index in [9.17, 15) is 12.8 Å². The summed E-state index contributed by atoms with van der Waals surface area (Å²) >= 11 is 5.29. The summed E-state index contributed by atoms with van der Waals surface area (Å²) in [6.45, 7) is 4.24. The van der Waals surface area contributed by atoms with Gasteiger partial charge in [-0.1, -0.05) is 42.0 Å². The molecule has 1 saturated carbocycles. The van der Waals surface area contributed by atoms with Crippen molar-refractivity contribution in [2.24, 2.45) is 11.1 Å². The van der Waals surface area contributed by atoms with Crippen LogP contribution in [-0.4, -0.2) is 31.9 Å². The van der Waals surface area contributed by atoms with Crippen LogP contribution >= 0.6 is 12.2 Å². The quantitative estimate of drug-likeness (QED) is 0.713. The largest absolute Gasteiger partial charge is 0.393 e. The highest BCUT2D eigenvalue weighted by Gasteiger charge is 2.73. The SMILES string of the molecule is CCOC[C@@]1(C(N)=S)[C@H](S(=O)(=O)c2ccc(C)cc2)[C@@H]1c1ccc(F)cc1. The van der Waals surface area contributed by atoms with Crippen LogP contribution in [0.5, 0.6) is 0 Å². The van der Waals surface area contributed by atoms with E-state index in [0.717, 1.165) is 5.56 Å². The van der Waals surface area contributed by atoms with Crippen molar-refractivity contribution in [1.82, 2.24) is 0 Å². The van der Waals surface area contributed by atoms with Gasteiger partial charge in [0.1, 0.15) is 5.82 Å². The third-order valence-electron chi connectivity index (χ3n) is 5.17. The number of rotatable bonds is 7. The van der Waals surface area contributed by atoms with Gasteiger partial charge in [0, 0.05) is 12.5 Å². The lowest BCUT2D eigenvalue weighted by Crippen LogP contribution is -2.33. The maximum Gasteiger partial charge on any atom is 0.182 e. The first-order valence-corrected chi connectivity index (χ1v) is 10.6. The number of hydrogen-bond acceptors (Lipinski definition) is 4. The Balaban J connectivity index is 2.10. The van der Waals surface area contributed by atoms with Crippen molar-refractivity contribution in [3.8, 4) is 0 Å². The first kappa shape index (κ1) is 19.9. The molecule has 0 amide bonds. The molecular weight excluding hydrogens is 385 g/mol. The molecule has 144 valence electrons. The Morgan fingerprint density at radius 3 is 2.30 bits per heavy atom. The predicted octanol–water partition coefficient (Wildman–Crippen LogP) is 3.38. The summed E-state index contributed by atoms with van der Waals surface area (Å²) in [5, 5.41) is -0.845. The van der Waals surface area contributed by atoms with E-state index in [-0.39, 0.29) is 22.3 Å². The van der Waals surface area contributed by atoms with Crippen molar-refractivity contribution >= 4 is 27.0 Å². The molecule has 0 unspecified atom stereocenters. The second-order valence-corrected chi connectivity index (χ2v) is 9.36. The molecule has 0 aromatic heterocycles. The molecule has 2 N–H and O–H groups in total. The van der Waals surface area contributed by atoms with E-state index in [2.05, 4.69) is 0 Å². The number of ether oxygens (including phenoxy) is 1. The summed E-state index contributed by atoms with van der Waals surface area (Å²) in [6, 6.07) is 12.5. The van der Waals surface area contributed by atoms with E-state index >= 15 is 0 Å². The van der Waals surface area contributed by atoms with Gasteiger partial charge < -0.3 is 10.5 Å². The minimum absolute atomic E-state index is 0.103. The average Bonchev–Trinajstić information content (AvgIpc) is 3.32. The van der Waals surface area contributed by atoms with Gasteiger partial charge in [-0.25, -0.2) is 12.8 Å². The van der Waals surface area contributed by atoms with Crippen molar-refractivity contribution in [2.75, 3.05) is 13.2 Å². The summed E-state index contributed by atoms with van der Waals surface area (Å²) in [5.41, 5.74) is 6.68. The molecule has 2 aromatic rings. The third-order valence-corrected chi connectivity index (χ3v) is 7.84. The standard InChI is InChI=1S/C20H22FNO3S2/c1-3-25-12-20(19(22)26)17(14-6-8-15(21)9-7-14)18(20)27(23,24)16-10-4-13(2)5-11-16/h4-11,17-18H,3,12H2,1-2H3,(H2,22,26)/t17-,18+,20-/m0/s1. The zero-order valence-electron chi connectivity index (χ0n) is 15.2. The Labute approximate surface area is 164 Å². The summed E-state index contributed by atoms with van der Waals surface area (Å²) in [6.07, 6.45) is 0. The monoisotopic (exact) mass is 407 g/mol. The topological polar surface area (TPSA) is 69.4 Å². The normalized spacial score (nSPS) is 24.6. The summed E-state index contributed by atoms with van der Waals surface area (Å²) < 4.78 is 45.7. The molecule has 7 heteroatoms. The molecule has 1 fully saturated rings. The van der Waals surface area contributed by atoms with Crippen LogP contribution in [0.2, 0.25) is 0 Å². The zero-order valence-corrected chi connectivity index (χ0v) is 16.8. The summed E-state index contributed by atoms with van der Waals surface area (Å²) in [7, 11) is -3.71. The van der Waals surface area contributed by atoms with E-state index in [1.54, 1.807) is 36.4 Å². The first-order chi connectivity index (χ1) is 12.7. The molecule has 2 aromatic carbocycles. The molecular formula is C20H22FNO3S2. The minimum atomic E-state index is -3.71. The van der Waals surface area contributed by atoms with Gasteiger partial charge in [-0.3, -0.25) is 0 Å². The zero-order chi connectivity index (χ0) is 19.8. The number of thiocarbonyl (C=S) groups is 1. The van der Waals surface area contributed by atoms with Gasteiger partial charge in [0.25, 0.3) is 0 Å². The lowest BCUT2D eigenvalue weighted by Gasteiger charge is -2.17. The van der Waals surface area contributed by atoms with Crippen LogP contribution in [0.4, 0.5) is 4.39 Å². The second kappa shape index (κ2) is 7.30. The van der Waals surface area contributed by atoms with Crippen LogP contribution in [0, 0.1) is 18.2 Å². The number of aryl methyl sites for hydroxylation is 1. The van der Waals surface area contributed by atoms with Gasteiger partial charge in [-0.15, -0.1) is 0 Å². The van der Waals surface area contributed by atoms with E-state index in [0.29, 0.717) is 12.2 Å². The third kappa shape index (κ3) is 3.39. The molecule has 0 heterocycles. The predicted molar refractivity (Wildman–Crippen MR) is 107 cm³/mol. The van der Waals surface area contributed by atoms with Crippen LogP contribution in [0.15, 0.2) is 53.4 Å². The molecule has 3 rings (SSSR count). The van der Waals surface area contributed by atoms with Crippen molar-refractivity contribution in [3.63, 3.8) is 0 Å². The fraction of sp³-hybridized carbons (Fsp3) is 0.350. The van der Waals surface area contributed by atoms with Crippen molar-refractivity contribution in [2.45, 2.75) is 29.9 Å². The molecule has 27 heavy (non-hydrogen) atoms. The van der Waals surface area contributed by atoms with Gasteiger partial charge >= 0.3 is 0 Å². The van der Waals surface area contributed by atoms with E-state index in [1.807, 2.05) is 13.8 Å². The maximum atomic E-state index is 13.4. The molecule has 4 nitrogen and oxygen atoms in total. The lowest BCUT2D eigenvalue weighted by molar-refractivity contribution is 0.121. The van der Waals surface area contributed by atoms with Crippen LogP contribution in [0.25, 0.3) is 0 Å². The number of halogens is 1. The molecule has 0 spiro atoms. The van der Waals surface area contributed by atoms with Gasteiger partial charge in [0.05, 0.1) is 27.2 Å². The Morgan fingerprint density at radius 2 is 1.78 bits per heavy atom. The van der Waals surface area contributed by atoms with Crippen LogP contribution in [-0.2, 0) is 14.6 Å². The molecule has 0 saturated heterocycles. The number of benzene rings is 2. The number of sulfone groups is 1. The maximum absolute atomic E-state index is 13.4. The van der Waals surface area contributed by atoms with Crippen LogP contribution in [0.1, 0.15) is 24.0 Å². The minimum Gasteiger partial charge on any atom is -0.393 e.